The van der Waals surface area contributed by atoms with E-state index in [-0.39, 0.29) is 29.3 Å². The maximum absolute atomic E-state index is 12.1. The topological polar surface area (TPSA) is 87.0 Å². The fourth-order valence-corrected chi connectivity index (χ4v) is 8.41. The van der Waals surface area contributed by atoms with Gasteiger partial charge in [-0.25, -0.2) is 4.79 Å². The van der Waals surface area contributed by atoms with E-state index >= 15 is 0 Å². The van der Waals surface area contributed by atoms with Gasteiger partial charge in [-0.05, 0) is 86.0 Å². The van der Waals surface area contributed by atoms with Crippen LogP contribution in [0.2, 0.25) is 0 Å². The molecule has 156 valence electrons. The number of carbonyl (C=O) groups is 1. The molecule has 0 amide bonds. The summed E-state index contributed by atoms with van der Waals surface area (Å²) in [4.78, 5) is 11.6. The zero-order valence-corrected chi connectivity index (χ0v) is 17.1. The normalized spacial score (nSPS) is 55.8. The monoisotopic (exact) mass is 390 g/mol. The van der Waals surface area contributed by atoms with Crippen LogP contribution in [0.3, 0.4) is 0 Å². The van der Waals surface area contributed by atoms with Crippen LogP contribution in [0.25, 0.3) is 0 Å². The number of hydrogen-bond donors (Lipinski definition) is 3. The number of ether oxygens (including phenoxy) is 1. The summed E-state index contributed by atoms with van der Waals surface area (Å²) >= 11 is 0. The molecule has 0 radical (unpaired) electrons. The number of aliphatic hydroxyl groups is 3. The summed E-state index contributed by atoms with van der Waals surface area (Å²) in [5, 5.41) is 33.5. The van der Waals surface area contributed by atoms with Crippen molar-refractivity contribution in [3.05, 3.63) is 11.6 Å². The van der Waals surface area contributed by atoms with E-state index in [4.69, 9.17) is 4.74 Å². The predicted molar refractivity (Wildman–Crippen MR) is 103 cm³/mol. The maximum atomic E-state index is 12.1. The number of fused-ring (bicyclic) bond motifs is 5. The van der Waals surface area contributed by atoms with Gasteiger partial charge in [0.05, 0.1) is 17.8 Å². The van der Waals surface area contributed by atoms with Crippen molar-refractivity contribution in [2.75, 3.05) is 6.61 Å². The molecule has 5 rings (SSSR count). The first-order chi connectivity index (χ1) is 13.2. The summed E-state index contributed by atoms with van der Waals surface area (Å²) in [7, 11) is 0. The standard InChI is InChI=1S/C23H34O5/c1-21-7-5-15(24)10-14(21)3-4-17-16(21)6-8-22(2)18(11-19(25)23(17,22)27)13-9-20(26)28-12-13/h9,14-19,24-25,27H,3-8,10-12H2,1-2H3/t14-,15+,16+,17-,18-,19?,21+,22-,23-/m1/s1. The summed E-state index contributed by atoms with van der Waals surface area (Å²) in [6, 6.07) is 0. The zero-order valence-electron chi connectivity index (χ0n) is 17.1. The second kappa shape index (κ2) is 6.05. The Hall–Kier alpha value is -0.910. The van der Waals surface area contributed by atoms with E-state index in [1.165, 1.54) is 0 Å². The summed E-state index contributed by atoms with van der Waals surface area (Å²) < 4.78 is 5.16. The number of esters is 1. The van der Waals surface area contributed by atoms with Crippen molar-refractivity contribution in [1.29, 1.82) is 0 Å². The molecule has 0 saturated heterocycles. The second-order valence-corrected chi connectivity index (χ2v) is 10.8. The van der Waals surface area contributed by atoms with Gasteiger partial charge in [-0.1, -0.05) is 13.8 Å². The van der Waals surface area contributed by atoms with Gasteiger partial charge in [-0.15, -0.1) is 0 Å². The molecule has 28 heavy (non-hydrogen) atoms. The molecule has 1 heterocycles. The van der Waals surface area contributed by atoms with Crippen LogP contribution >= 0.6 is 0 Å². The molecule has 0 bridgehead atoms. The smallest absolute Gasteiger partial charge is 0.331 e. The van der Waals surface area contributed by atoms with Crippen molar-refractivity contribution >= 4 is 5.97 Å². The van der Waals surface area contributed by atoms with Crippen LogP contribution in [0.1, 0.15) is 65.2 Å². The first kappa shape index (κ1) is 19.1. The molecule has 5 nitrogen and oxygen atoms in total. The lowest BCUT2D eigenvalue weighted by atomic mass is 9.43. The van der Waals surface area contributed by atoms with Gasteiger partial charge in [0.2, 0.25) is 0 Å². The van der Waals surface area contributed by atoms with E-state index in [0.717, 1.165) is 50.5 Å². The predicted octanol–water partition coefficient (Wildman–Crippen LogP) is 2.58. The van der Waals surface area contributed by atoms with Gasteiger partial charge >= 0.3 is 5.97 Å². The molecule has 5 aliphatic rings. The molecule has 4 fully saturated rings. The average Bonchev–Trinajstić information content (AvgIpc) is 3.16. The molecule has 4 saturated carbocycles. The third kappa shape index (κ3) is 2.27. The van der Waals surface area contributed by atoms with E-state index in [1.807, 2.05) is 0 Å². The lowest BCUT2D eigenvalue weighted by molar-refractivity contribution is -0.235. The molecule has 0 spiro atoms. The van der Waals surface area contributed by atoms with Gasteiger partial charge in [0.25, 0.3) is 0 Å². The minimum atomic E-state index is -1.11. The number of hydrogen-bond acceptors (Lipinski definition) is 5. The van der Waals surface area contributed by atoms with E-state index in [2.05, 4.69) is 13.8 Å². The molecular formula is C23H34O5. The summed E-state index contributed by atoms with van der Waals surface area (Å²) in [6.07, 6.45) is 7.76. The highest BCUT2D eigenvalue weighted by Crippen LogP contribution is 2.69. The van der Waals surface area contributed by atoms with E-state index < -0.39 is 17.1 Å². The van der Waals surface area contributed by atoms with Gasteiger partial charge in [0.15, 0.2) is 0 Å². The number of aliphatic hydroxyl groups excluding tert-OH is 2. The summed E-state index contributed by atoms with van der Waals surface area (Å²) in [6.45, 7) is 4.80. The van der Waals surface area contributed by atoms with Crippen molar-refractivity contribution < 1.29 is 24.9 Å². The number of cyclic esters (lactones) is 1. The molecule has 9 atom stereocenters. The highest BCUT2D eigenvalue weighted by Gasteiger charge is 2.71. The third-order valence-corrected chi connectivity index (χ3v) is 9.99. The Morgan fingerprint density at radius 3 is 2.54 bits per heavy atom. The average molecular weight is 391 g/mol. The lowest BCUT2D eigenvalue weighted by Crippen LogP contribution is -2.65. The molecule has 5 heteroatoms. The van der Waals surface area contributed by atoms with Crippen molar-refractivity contribution in [3.8, 4) is 0 Å². The fourth-order valence-electron chi connectivity index (χ4n) is 8.41. The summed E-state index contributed by atoms with van der Waals surface area (Å²) in [5.41, 5.74) is -0.452. The molecule has 4 aliphatic carbocycles. The van der Waals surface area contributed by atoms with Crippen LogP contribution in [0.15, 0.2) is 11.6 Å². The SMILES string of the molecule is C[C@]12CC[C@H](O)C[C@H]1CC[C@@H]1[C@@H]2CC[C@]2(C)[C@@H](C3=CC(=O)OC3)CC(O)[C@]12O. The first-order valence-corrected chi connectivity index (χ1v) is 11.2. The molecular weight excluding hydrogens is 356 g/mol. The molecule has 1 unspecified atom stereocenters. The molecule has 0 aromatic carbocycles. The fraction of sp³-hybridized carbons (Fsp3) is 0.870. The largest absolute Gasteiger partial charge is 0.458 e. The van der Waals surface area contributed by atoms with Gasteiger partial charge in [-0.2, -0.15) is 0 Å². The summed E-state index contributed by atoms with van der Waals surface area (Å²) in [5.74, 6) is 0.690. The van der Waals surface area contributed by atoms with Crippen LogP contribution in [0.4, 0.5) is 0 Å². The second-order valence-electron chi connectivity index (χ2n) is 10.8. The van der Waals surface area contributed by atoms with Crippen molar-refractivity contribution in [2.45, 2.75) is 83.0 Å². The van der Waals surface area contributed by atoms with E-state index in [9.17, 15) is 20.1 Å². The maximum Gasteiger partial charge on any atom is 0.331 e. The quantitative estimate of drug-likeness (QED) is 0.599. The Kier molecular flexibility index (Phi) is 4.12. The van der Waals surface area contributed by atoms with Crippen LogP contribution < -0.4 is 0 Å². The van der Waals surface area contributed by atoms with Gasteiger partial charge < -0.3 is 20.1 Å². The highest BCUT2D eigenvalue weighted by molar-refractivity contribution is 5.85. The first-order valence-electron chi connectivity index (χ1n) is 11.2. The van der Waals surface area contributed by atoms with Crippen LogP contribution in [0.5, 0.6) is 0 Å². The van der Waals surface area contributed by atoms with Crippen molar-refractivity contribution in [2.24, 2.45) is 34.5 Å². The Morgan fingerprint density at radius 2 is 1.82 bits per heavy atom. The number of rotatable bonds is 1. The minimum Gasteiger partial charge on any atom is -0.458 e. The van der Waals surface area contributed by atoms with Crippen LogP contribution in [-0.4, -0.2) is 45.7 Å². The van der Waals surface area contributed by atoms with Crippen LogP contribution in [0, 0.1) is 34.5 Å². The van der Waals surface area contributed by atoms with Gasteiger partial charge in [0.1, 0.15) is 6.61 Å². The Morgan fingerprint density at radius 1 is 1.04 bits per heavy atom. The number of carbonyl (C=O) groups excluding carboxylic acids is 1. The Bertz CT molecular complexity index is 718. The van der Waals surface area contributed by atoms with Gasteiger partial charge in [-0.3, -0.25) is 0 Å². The highest BCUT2D eigenvalue weighted by atomic mass is 16.5. The molecule has 1 aliphatic heterocycles. The Labute approximate surface area is 167 Å². The van der Waals surface area contributed by atoms with Crippen molar-refractivity contribution in [1.82, 2.24) is 0 Å². The molecule has 0 aromatic rings. The molecule has 3 N–H and O–H groups in total. The lowest BCUT2D eigenvalue weighted by Gasteiger charge is -2.64. The van der Waals surface area contributed by atoms with Crippen molar-refractivity contribution in [3.63, 3.8) is 0 Å². The van der Waals surface area contributed by atoms with Gasteiger partial charge in [0, 0.05) is 11.5 Å². The van der Waals surface area contributed by atoms with Crippen LogP contribution in [-0.2, 0) is 9.53 Å². The molecule has 0 aromatic heterocycles. The van der Waals surface area contributed by atoms with E-state index in [1.54, 1.807) is 6.08 Å². The third-order valence-electron chi connectivity index (χ3n) is 9.99. The zero-order chi connectivity index (χ0) is 19.9. The Balaban J connectivity index is 1.51. The minimum absolute atomic E-state index is 0.00129. The van der Waals surface area contributed by atoms with E-state index in [0.29, 0.717) is 24.9 Å².